The van der Waals surface area contributed by atoms with Gasteiger partial charge in [0.05, 0.1) is 22.6 Å². The van der Waals surface area contributed by atoms with Gasteiger partial charge in [0.1, 0.15) is 5.58 Å². The van der Waals surface area contributed by atoms with E-state index in [9.17, 15) is 0 Å². The third-order valence-electron chi connectivity index (χ3n) is 8.13. The van der Waals surface area contributed by atoms with Crippen LogP contribution in [0.4, 0.5) is 0 Å². The van der Waals surface area contributed by atoms with Crippen LogP contribution in [0.2, 0.25) is 0 Å². The van der Waals surface area contributed by atoms with Crippen LogP contribution in [0.15, 0.2) is 156 Å². The Morgan fingerprint density at radius 1 is 0.667 bits per heavy atom. The molecule has 0 aliphatic heterocycles. The van der Waals surface area contributed by atoms with E-state index < -0.39 is 0 Å². The fourth-order valence-corrected chi connectivity index (χ4v) is 5.91. The second kappa shape index (κ2) is 13.6. The summed E-state index contributed by atoms with van der Waals surface area (Å²) in [5, 5.41) is 2.20. The Morgan fingerprint density at radius 2 is 1.42 bits per heavy atom. The largest absolute Gasteiger partial charge is 0.501 e. The molecule has 4 heterocycles. The van der Waals surface area contributed by atoms with Crippen molar-refractivity contribution >= 4 is 33.1 Å². The molecule has 0 fully saturated rings. The maximum atomic E-state index is 6.39. The number of fused-ring (bicyclic) bond motifs is 4. The van der Waals surface area contributed by atoms with E-state index in [0.717, 1.165) is 72.6 Å². The number of rotatable bonds is 4. The molecule has 0 saturated heterocycles. The summed E-state index contributed by atoms with van der Waals surface area (Å²) in [6, 6.07) is 55.0. The van der Waals surface area contributed by atoms with E-state index in [1.807, 2.05) is 103 Å². The number of nitrogens with zero attached hydrogens (tertiary/aromatic N) is 4. The Labute approximate surface area is 291 Å². The molecule has 0 atom stereocenters. The fraction of sp³-hybridized carbons (Fsp3) is 0.0238. The molecule has 5 aromatic carbocycles. The number of aryl methyl sites for hydroxylation is 1. The van der Waals surface area contributed by atoms with Gasteiger partial charge in [0.25, 0.3) is 0 Å². The van der Waals surface area contributed by atoms with Crippen molar-refractivity contribution in [2.45, 2.75) is 6.92 Å². The van der Waals surface area contributed by atoms with E-state index in [0.29, 0.717) is 5.65 Å². The molecule has 5 nitrogen and oxygen atoms in total. The molecule has 48 heavy (non-hydrogen) atoms. The Balaban J connectivity index is 0.000000237. The smallest absolute Gasteiger partial charge is 0.168 e. The third-order valence-corrected chi connectivity index (χ3v) is 8.13. The molecule has 9 rings (SSSR count). The van der Waals surface area contributed by atoms with E-state index in [-0.39, 0.29) is 20.1 Å². The van der Waals surface area contributed by atoms with E-state index in [1.165, 1.54) is 0 Å². The van der Waals surface area contributed by atoms with Gasteiger partial charge in [0.2, 0.25) is 0 Å². The van der Waals surface area contributed by atoms with Gasteiger partial charge in [0.15, 0.2) is 5.65 Å². The summed E-state index contributed by atoms with van der Waals surface area (Å²) in [4.78, 5) is 14.2. The van der Waals surface area contributed by atoms with Crippen molar-refractivity contribution in [1.29, 1.82) is 0 Å². The summed E-state index contributed by atoms with van der Waals surface area (Å²) in [5.74, 6) is 0.757. The van der Waals surface area contributed by atoms with Gasteiger partial charge < -0.3 is 14.0 Å². The first-order valence-corrected chi connectivity index (χ1v) is 15.5. The molecule has 0 spiro atoms. The average molecular weight is 797 g/mol. The molecular weight excluding hydrogens is 769 g/mol. The second-order valence-electron chi connectivity index (χ2n) is 11.2. The quantitative estimate of drug-likeness (QED) is 0.167. The monoisotopic (exact) mass is 797 g/mol. The normalized spacial score (nSPS) is 10.9. The van der Waals surface area contributed by atoms with Crippen LogP contribution in [-0.2, 0) is 20.1 Å². The van der Waals surface area contributed by atoms with Crippen molar-refractivity contribution in [2.75, 3.05) is 0 Å². The van der Waals surface area contributed by atoms with Crippen LogP contribution < -0.4 is 0 Å². The summed E-state index contributed by atoms with van der Waals surface area (Å²) in [6.45, 7) is 2.10. The number of aromatic nitrogens is 4. The number of hydrogen-bond donors (Lipinski definition) is 0. The predicted octanol–water partition coefficient (Wildman–Crippen LogP) is 10.3. The Kier molecular flexibility index (Phi) is 8.76. The molecule has 0 bridgehead atoms. The summed E-state index contributed by atoms with van der Waals surface area (Å²) in [6.07, 6.45) is 1.79. The number of pyridine rings is 2. The van der Waals surface area contributed by atoms with Crippen LogP contribution >= 0.6 is 0 Å². The Morgan fingerprint density at radius 3 is 2.19 bits per heavy atom. The molecule has 0 aliphatic carbocycles. The van der Waals surface area contributed by atoms with Gasteiger partial charge in [-0.1, -0.05) is 96.7 Å². The van der Waals surface area contributed by atoms with Crippen LogP contribution in [0.25, 0.3) is 72.7 Å². The minimum Gasteiger partial charge on any atom is -0.501 e. The minimum absolute atomic E-state index is 0. The van der Waals surface area contributed by atoms with E-state index in [2.05, 4.69) is 71.1 Å². The molecule has 9 aromatic rings. The second-order valence-corrected chi connectivity index (χ2v) is 11.2. The van der Waals surface area contributed by atoms with Crippen molar-refractivity contribution in [1.82, 2.24) is 19.5 Å². The number of benzene rings is 5. The maximum Gasteiger partial charge on any atom is 0.168 e. The van der Waals surface area contributed by atoms with E-state index >= 15 is 0 Å². The van der Waals surface area contributed by atoms with Crippen LogP contribution in [0.1, 0.15) is 5.56 Å². The summed E-state index contributed by atoms with van der Waals surface area (Å²) in [5.41, 5.74) is 10.2. The summed E-state index contributed by atoms with van der Waals surface area (Å²) in [7, 11) is 0. The number of hydrogen-bond acceptors (Lipinski definition) is 4. The summed E-state index contributed by atoms with van der Waals surface area (Å²) >= 11 is 0. The molecule has 0 unspecified atom stereocenters. The molecule has 4 aromatic heterocycles. The molecule has 233 valence electrons. The van der Waals surface area contributed by atoms with Crippen molar-refractivity contribution in [3.8, 4) is 39.6 Å². The first-order valence-electron chi connectivity index (χ1n) is 15.5. The van der Waals surface area contributed by atoms with Gasteiger partial charge >= 0.3 is 0 Å². The van der Waals surface area contributed by atoms with Gasteiger partial charge in [0, 0.05) is 42.9 Å². The Bertz CT molecular complexity index is 2420. The SMILES string of the molecule is Cc1c[c-]c(-c2nc3nc(-c4ccccc4)ccc3n2-c2ccccc2)c2oc3ccccc3c12.[Ir].[c-]1ccccc1-c1ccccn1. The van der Waals surface area contributed by atoms with Crippen LogP contribution in [0.3, 0.4) is 0 Å². The zero-order valence-electron chi connectivity index (χ0n) is 26.0. The molecule has 0 saturated carbocycles. The fourth-order valence-electron chi connectivity index (χ4n) is 5.91. The standard InChI is InChI=1S/C31H20N3O.C11H8N.Ir/c1-20-16-17-24(29-28(20)23-14-8-9-15-27(23)35-29)31-33-30-26(34(31)22-12-6-3-7-13-22)19-18-25(32-30)21-10-4-2-5-11-21;1-2-6-10(7-3-1)11-8-4-5-9-12-11;/h2-16,18-19H,1H3;1-6,8-9H;/q2*-1;. The Hall–Kier alpha value is -5.68. The number of imidazole rings is 1. The number of para-hydroxylation sites is 2. The maximum absolute atomic E-state index is 6.39. The number of furan rings is 1. The van der Waals surface area contributed by atoms with Crippen LogP contribution in [-0.4, -0.2) is 19.5 Å². The minimum atomic E-state index is 0. The van der Waals surface area contributed by atoms with E-state index in [4.69, 9.17) is 14.4 Å². The average Bonchev–Trinajstić information content (AvgIpc) is 3.73. The molecule has 0 amide bonds. The van der Waals surface area contributed by atoms with Crippen molar-refractivity contribution in [2.24, 2.45) is 0 Å². The first-order chi connectivity index (χ1) is 23.2. The third kappa shape index (κ3) is 5.84. The van der Waals surface area contributed by atoms with Crippen molar-refractivity contribution in [3.05, 3.63) is 169 Å². The van der Waals surface area contributed by atoms with Crippen LogP contribution in [0.5, 0.6) is 0 Å². The topological polar surface area (TPSA) is 56.7 Å². The van der Waals surface area contributed by atoms with Gasteiger partial charge in [-0.05, 0) is 42.1 Å². The van der Waals surface area contributed by atoms with Gasteiger partial charge in [-0.3, -0.25) is 4.98 Å². The zero-order chi connectivity index (χ0) is 31.6. The first kappa shape index (κ1) is 30.9. The molecule has 1 radical (unpaired) electrons. The molecule has 6 heteroatoms. The molecule has 0 aliphatic rings. The van der Waals surface area contributed by atoms with Gasteiger partial charge in [-0.2, -0.15) is 0 Å². The van der Waals surface area contributed by atoms with Crippen molar-refractivity contribution < 1.29 is 24.5 Å². The zero-order valence-corrected chi connectivity index (χ0v) is 28.4. The van der Waals surface area contributed by atoms with Gasteiger partial charge in [-0.25, -0.2) is 4.98 Å². The molecule has 0 N–H and O–H groups in total. The molecular formula is C42H28IrN4O-2. The van der Waals surface area contributed by atoms with Gasteiger partial charge in [-0.15, -0.1) is 53.6 Å². The van der Waals surface area contributed by atoms with Crippen LogP contribution in [0, 0.1) is 19.1 Å². The van der Waals surface area contributed by atoms with E-state index in [1.54, 1.807) is 6.20 Å². The summed E-state index contributed by atoms with van der Waals surface area (Å²) < 4.78 is 8.54. The van der Waals surface area contributed by atoms with Crippen molar-refractivity contribution in [3.63, 3.8) is 0 Å². The predicted molar refractivity (Wildman–Crippen MR) is 189 cm³/mol.